The first-order valence-corrected chi connectivity index (χ1v) is 7.17. The molecule has 0 aliphatic heterocycles. The molecule has 0 aliphatic rings. The van der Waals surface area contributed by atoms with Crippen LogP contribution in [0.4, 0.5) is 0 Å². The smallest absolute Gasteiger partial charge is 0.307 e. The number of nitrogens with one attached hydrogen (secondary N) is 1. The van der Waals surface area contributed by atoms with E-state index in [1.807, 2.05) is 55.1 Å². The van der Waals surface area contributed by atoms with Gasteiger partial charge in [0.15, 0.2) is 0 Å². The summed E-state index contributed by atoms with van der Waals surface area (Å²) in [5, 5.41) is 7.66. The van der Waals surface area contributed by atoms with Crippen LogP contribution in [0.25, 0.3) is 5.69 Å². The van der Waals surface area contributed by atoms with Crippen LogP contribution in [0.3, 0.4) is 0 Å². The highest BCUT2D eigenvalue weighted by Gasteiger charge is 2.08. The van der Waals surface area contributed by atoms with Gasteiger partial charge in [0.05, 0.1) is 24.9 Å². The number of esters is 1. The van der Waals surface area contributed by atoms with Gasteiger partial charge in [-0.15, -0.1) is 0 Å². The van der Waals surface area contributed by atoms with Crippen LogP contribution in [0.2, 0.25) is 0 Å². The number of benzene rings is 1. The second-order valence-corrected chi connectivity index (χ2v) is 4.73. The first-order chi connectivity index (χ1) is 10.2. The molecule has 0 saturated carbocycles. The van der Waals surface area contributed by atoms with Crippen molar-refractivity contribution >= 4 is 5.97 Å². The quantitative estimate of drug-likeness (QED) is 0.626. The lowest BCUT2D eigenvalue weighted by Gasteiger charge is -2.06. The molecule has 0 unspecified atom stereocenters. The summed E-state index contributed by atoms with van der Waals surface area (Å²) in [7, 11) is 0. The minimum Gasteiger partial charge on any atom is -0.466 e. The molecule has 2 rings (SSSR count). The van der Waals surface area contributed by atoms with E-state index in [-0.39, 0.29) is 5.97 Å². The topological polar surface area (TPSA) is 56.1 Å². The van der Waals surface area contributed by atoms with Gasteiger partial charge in [0, 0.05) is 24.3 Å². The molecule has 0 bridgehead atoms. The number of hydrogen-bond acceptors (Lipinski definition) is 4. The minimum absolute atomic E-state index is 0.165. The zero-order chi connectivity index (χ0) is 15.1. The van der Waals surface area contributed by atoms with Crippen LogP contribution in [0.1, 0.15) is 24.6 Å². The summed E-state index contributed by atoms with van der Waals surface area (Å²) in [6, 6.07) is 10.0. The number of carbonyl (C=O) groups excluding carboxylic acids is 1. The Kier molecular flexibility index (Phi) is 5.51. The Bertz CT molecular complexity index is 578. The Balaban J connectivity index is 1.88. The van der Waals surface area contributed by atoms with Crippen LogP contribution in [0.5, 0.6) is 0 Å². The number of para-hydroxylation sites is 1. The van der Waals surface area contributed by atoms with Crippen molar-refractivity contribution < 1.29 is 9.53 Å². The highest BCUT2D eigenvalue weighted by atomic mass is 16.5. The fraction of sp³-hybridized carbons (Fsp3) is 0.375. The van der Waals surface area contributed by atoms with E-state index in [4.69, 9.17) is 4.74 Å². The summed E-state index contributed by atoms with van der Waals surface area (Å²) in [5.41, 5.74) is 3.28. The van der Waals surface area contributed by atoms with E-state index in [1.165, 1.54) is 0 Å². The molecule has 2 aromatic rings. The van der Waals surface area contributed by atoms with Crippen LogP contribution >= 0.6 is 0 Å². The lowest BCUT2D eigenvalue weighted by molar-refractivity contribution is -0.142. The average molecular weight is 287 g/mol. The van der Waals surface area contributed by atoms with Crippen molar-refractivity contribution in [1.29, 1.82) is 0 Å². The zero-order valence-corrected chi connectivity index (χ0v) is 12.5. The van der Waals surface area contributed by atoms with Crippen LogP contribution < -0.4 is 5.32 Å². The Morgan fingerprint density at radius 2 is 2.10 bits per heavy atom. The summed E-state index contributed by atoms with van der Waals surface area (Å²) in [6.07, 6.45) is 2.25. The molecule has 0 atom stereocenters. The van der Waals surface area contributed by atoms with Gasteiger partial charge in [-0.1, -0.05) is 18.2 Å². The van der Waals surface area contributed by atoms with Crippen molar-refractivity contribution in [3.8, 4) is 5.69 Å². The molecule has 1 heterocycles. The van der Waals surface area contributed by atoms with Crippen LogP contribution in [0.15, 0.2) is 36.5 Å². The van der Waals surface area contributed by atoms with Crippen molar-refractivity contribution in [2.24, 2.45) is 0 Å². The standard InChI is InChI=1S/C16H21N3O2/c1-3-21-16(20)9-10-17-11-14-12-18-19(13(14)2)15-7-5-4-6-8-15/h4-8,12,17H,3,9-11H2,1-2H3. The number of ether oxygens (including phenoxy) is 1. The molecular weight excluding hydrogens is 266 g/mol. The molecule has 21 heavy (non-hydrogen) atoms. The molecule has 1 aromatic carbocycles. The minimum atomic E-state index is -0.165. The number of hydrogen-bond donors (Lipinski definition) is 1. The van der Waals surface area contributed by atoms with Gasteiger partial charge in [0.25, 0.3) is 0 Å². The van der Waals surface area contributed by atoms with Gasteiger partial charge in [0.2, 0.25) is 0 Å². The average Bonchev–Trinajstić information content (AvgIpc) is 2.86. The maximum Gasteiger partial charge on any atom is 0.307 e. The van der Waals surface area contributed by atoms with Crippen molar-refractivity contribution in [3.63, 3.8) is 0 Å². The van der Waals surface area contributed by atoms with E-state index < -0.39 is 0 Å². The molecule has 112 valence electrons. The Hall–Kier alpha value is -2.14. The maximum atomic E-state index is 11.2. The molecule has 0 fully saturated rings. The van der Waals surface area contributed by atoms with E-state index >= 15 is 0 Å². The lowest BCUT2D eigenvalue weighted by Crippen LogP contribution is -2.19. The molecule has 0 amide bonds. The van der Waals surface area contributed by atoms with E-state index in [9.17, 15) is 4.79 Å². The number of carbonyl (C=O) groups is 1. The van der Waals surface area contributed by atoms with Gasteiger partial charge in [-0.25, -0.2) is 4.68 Å². The molecular formula is C16H21N3O2. The Morgan fingerprint density at radius 3 is 2.81 bits per heavy atom. The summed E-state index contributed by atoms with van der Waals surface area (Å²) < 4.78 is 6.80. The predicted octanol–water partition coefficient (Wildman–Crippen LogP) is 2.22. The third kappa shape index (κ3) is 4.16. The van der Waals surface area contributed by atoms with Gasteiger partial charge in [-0.05, 0) is 26.0 Å². The van der Waals surface area contributed by atoms with Gasteiger partial charge in [-0.2, -0.15) is 5.10 Å². The second-order valence-electron chi connectivity index (χ2n) is 4.73. The lowest BCUT2D eigenvalue weighted by atomic mass is 10.2. The molecule has 0 spiro atoms. The fourth-order valence-electron chi connectivity index (χ4n) is 2.09. The number of aromatic nitrogens is 2. The summed E-state index contributed by atoms with van der Waals surface area (Å²) in [5.74, 6) is -0.165. The monoisotopic (exact) mass is 287 g/mol. The van der Waals surface area contributed by atoms with Crippen molar-refractivity contribution in [3.05, 3.63) is 47.8 Å². The third-order valence-corrected chi connectivity index (χ3v) is 3.24. The molecule has 5 heteroatoms. The number of rotatable bonds is 7. The molecule has 0 radical (unpaired) electrons. The van der Waals surface area contributed by atoms with Gasteiger partial charge >= 0.3 is 5.97 Å². The predicted molar refractivity (Wildman–Crippen MR) is 81.3 cm³/mol. The molecule has 0 saturated heterocycles. The van der Waals surface area contributed by atoms with E-state index in [0.29, 0.717) is 26.1 Å². The third-order valence-electron chi connectivity index (χ3n) is 3.24. The highest BCUT2D eigenvalue weighted by molar-refractivity contribution is 5.69. The fourth-order valence-corrected chi connectivity index (χ4v) is 2.09. The first-order valence-electron chi connectivity index (χ1n) is 7.17. The normalized spacial score (nSPS) is 10.6. The second kappa shape index (κ2) is 7.59. The van der Waals surface area contributed by atoms with Crippen LogP contribution in [0, 0.1) is 6.92 Å². The molecule has 1 N–H and O–H groups in total. The largest absolute Gasteiger partial charge is 0.466 e. The van der Waals surface area contributed by atoms with Crippen molar-refractivity contribution in [2.75, 3.05) is 13.2 Å². The Morgan fingerprint density at radius 1 is 1.33 bits per heavy atom. The van der Waals surface area contributed by atoms with E-state index in [2.05, 4.69) is 10.4 Å². The SMILES string of the molecule is CCOC(=O)CCNCc1cnn(-c2ccccc2)c1C. The zero-order valence-electron chi connectivity index (χ0n) is 12.5. The van der Waals surface area contributed by atoms with E-state index in [1.54, 1.807) is 0 Å². The molecule has 5 nitrogen and oxygen atoms in total. The molecule has 1 aromatic heterocycles. The van der Waals surface area contributed by atoms with E-state index in [0.717, 1.165) is 16.9 Å². The van der Waals surface area contributed by atoms with Crippen LogP contribution in [-0.4, -0.2) is 28.9 Å². The summed E-state index contributed by atoms with van der Waals surface area (Å²) >= 11 is 0. The van der Waals surface area contributed by atoms with Gasteiger partial charge in [-0.3, -0.25) is 4.79 Å². The van der Waals surface area contributed by atoms with Gasteiger partial charge < -0.3 is 10.1 Å². The maximum absolute atomic E-state index is 11.2. The first kappa shape index (κ1) is 15.3. The summed E-state index contributed by atoms with van der Waals surface area (Å²) in [4.78, 5) is 11.2. The number of nitrogens with zero attached hydrogens (tertiary/aromatic N) is 2. The Labute approximate surface area is 124 Å². The van der Waals surface area contributed by atoms with Crippen LogP contribution in [-0.2, 0) is 16.1 Å². The summed E-state index contributed by atoms with van der Waals surface area (Å²) in [6.45, 7) is 5.59. The van der Waals surface area contributed by atoms with Crippen molar-refractivity contribution in [2.45, 2.75) is 26.8 Å². The van der Waals surface area contributed by atoms with Gasteiger partial charge in [0.1, 0.15) is 0 Å². The van der Waals surface area contributed by atoms with Crippen molar-refractivity contribution in [1.82, 2.24) is 15.1 Å². The molecule has 0 aliphatic carbocycles. The highest BCUT2D eigenvalue weighted by Crippen LogP contribution is 2.13.